The largest absolute Gasteiger partial charge is 0.493 e. The highest BCUT2D eigenvalue weighted by atomic mass is 19.3. The molecule has 0 aromatic heterocycles. The van der Waals surface area contributed by atoms with Crippen LogP contribution in [0, 0.1) is 0 Å². The van der Waals surface area contributed by atoms with E-state index in [1.807, 2.05) is 0 Å². The Balaban J connectivity index is 2.46. The van der Waals surface area contributed by atoms with Crippen LogP contribution < -0.4 is 14.8 Å². The molecular weight excluding hydrogens is 280 g/mol. The lowest BCUT2D eigenvalue weighted by Crippen LogP contribution is -2.16. The van der Waals surface area contributed by atoms with E-state index in [1.165, 1.54) is 7.11 Å². The lowest BCUT2D eigenvalue weighted by atomic mass is 10.1. The van der Waals surface area contributed by atoms with Crippen molar-refractivity contribution >= 4 is 0 Å². The van der Waals surface area contributed by atoms with Gasteiger partial charge in [-0.15, -0.1) is 0 Å². The maximum Gasteiger partial charge on any atom is 0.387 e. The Bertz CT molecular complexity index is 403. The third-order valence-electron chi connectivity index (χ3n) is 3.06. The molecule has 120 valence electrons. The quantitative estimate of drug-likeness (QED) is 0.617. The third-order valence-corrected chi connectivity index (χ3v) is 3.06. The first-order valence-corrected chi connectivity index (χ1v) is 7.11. The molecule has 2 N–H and O–H groups in total. The van der Waals surface area contributed by atoms with Crippen LogP contribution in [0.3, 0.4) is 0 Å². The fourth-order valence-electron chi connectivity index (χ4n) is 2.02. The van der Waals surface area contributed by atoms with Gasteiger partial charge in [0, 0.05) is 18.7 Å². The van der Waals surface area contributed by atoms with Crippen LogP contribution in [0.2, 0.25) is 0 Å². The maximum absolute atomic E-state index is 12.5. The molecule has 1 rings (SSSR count). The molecule has 0 aliphatic heterocycles. The topological polar surface area (TPSA) is 50.7 Å². The summed E-state index contributed by atoms with van der Waals surface area (Å²) in [6, 6.07) is 5.07. The van der Waals surface area contributed by atoms with Gasteiger partial charge in [0.05, 0.1) is 7.11 Å². The Labute approximate surface area is 124 Å². The zero-order chi connectivity index (χ0) is 15.5. The molecule has 0 atom stereocenters. The van der Waals surface area contributed by atoms with Crippen LogP contribution in [-0.4, -0.2) is 32.0 Å². The number of methoxy groups -OCH3 is 1. The normalized spacial score (nSPS) is 10.9. The molecular formula is C15H23F2NO3. The number of halogens is 2. The van der Waals surface area contributed by atoms with Gasteiger partial charge in [-0.05, 0) is 25.5 Å². The Morgan fingerprint density at radius 2 is 1.95 bits per heavy atom. The van der Waals surface area contributed by atoms with Crippen molar-refractivity contribution in [3.8, 4) is 11.5 Å². The second kappa shape index (κ2) is 10.3. The second-order valence-corrected chi connectivity index (χ2v) is 4.64. The van der Waals surface area contributed by atoms with E-state index in [0.29, 0.717) is 17.9 Å². The lowest BCUT2D eigenvalue weighted by molar-refractivity contribution is -0.0518. The molecule has 1 aromatic carbocycles. The molecule has 4 nitrogen and oxygen atoms in total. The number of aliphatic hydroxyl groups is 1. The summed E-state index contributed by atoms with van der Waals surface area (Å²) in [5.74, 6) is 0.389. The first-order chi connectivity index (χ1) is 10.2. The number of aliphatic hydroxyl groups excluding tert-OH is 1. The van der Waals surface area contributed by atoms with Crippen LogP contribution >= 0.6 is 0 Å². The molecule has 0 heterocycles. The monoisotopic (exact) mass is 303 g/mol. The van der Waals surface area contributed by atoms with Crippen molar-refractivity contribution in [1.82, 2.24) is 5.32 Å². The van der Waals surface area contributed by atoms with Crippen molar-refractivity contribution in [1.29, 1.82) is 0 Å². The minimum atomic E-state index is -2.88. The van der Waals surface area contributed by atoms with Crippen LogP contribution in [0.4, 0.5) is 8.78 Å². The van der Waals surface area contributed by atoms with E-state index in [4.69, 9.17) is 9.84 Å². The smallest absolute Gasteiger partial charge is 0.387 e. The van der Waals surface area contributed by atoms with Crippen molar-refractivity contribution < 1.29 is 23.4 Å². The van der Waals surface area contributed by atoms with Gasteiger partial charge in [-0.2, -0.15) is 8.78 Å². The summed E-state index contributed by atoms with van der Waals surface area (Å²) in [6.07, 6.45) is 3.83. The van der Waals surface area contributed by atoms with E-state index >= 15 is 0 Å². The number of nitrogens with one attached hydrogen (secondary N) is 1. The van der Waals surface area contributed by atoms with Gasteiger partial charge in [0.15, 0.2) is 11.5 Å². The lowest BCUT2D eigenvalue weighted by Gasteiger charge is -2.14. The molecule has 0 unspecified atom stereocenters. The maximum atomic E-state index is 12.5. The highest BCUT2D eigenvalue weighted by Crippen LogP contribution is 2.32. The van der Waals surface area contributed by atoms with Crippen LogP contribution in [0.25, 0.3) is 0 Å². The minimum absolute atomic E-state index is 0.0859. The molecule has 0 radical (unpaired) electrons. The predicted octanol–water partition coefficient (Wildman–Crippen LogP) is 2.94. The van der Waals surface area contributed by atoms with E-state index in [2.05, 4.69) is 10.1 Å². The molecule has 1 aromatic rings. The number of alkyl halides is 2. The van der Waals surface area contributed by atoms with Gasteiger partial charge < -0.3 is 19.9 Å². The molecule has 0 bridgehead atoms. The highest BCUT2D eigenvalue weighted by molar-refractivity contribution is 5.46. The van der Waals surface area contributed by atoms with Crippen molar-refractivity contribution in [2.24, 2.45) is 0 Å². The SMILES string of the molecule is COc1cccc(CNCCCCCCO)c1OC(F)F. The fourth-order valence-corrected chi connectivity index (χ4v) is 2.02. The third kappa shape index (κ3) is 6.73. The number of hydrogen-bond acceptors (Lipinski definition) is 4. The van der Waals surface area contributed by atoms with E-state index in [-0.39, 0.29) is 12.4 Å². The van der Waals surface area contributed by atoms with Crippen molar-refractivity contribution in [2.75, 3.05) is 20.3 Å². The first kappa shape index (κ1) is 17.7. The summed E-state index contributed by atoms with van der Waals surface area (Å²) in [6.45, 7) is -1.42. The highest BCUT2D eigenvalue weighted by Gasteiger charge is 2.14. The van der Waals surface area contributed by atoms with Gasteiger partial charge in [-0.25, -0.2) is 0 Å². The average molecular weight is 303 g/mol. The first-order valence-electron chi connectivity index (χ1n) is 7.11. The Kier molecular flexibility index (Phi) is 8.69. The number of para-hydroxylation sites is 1. The van der Waals surface area contributed by atoms with Crippen LogP contribution in [0.15, 0.2) is 18.2 Å². The summed E-state index contributed by atoms with van der Waals surface area (Å²) in [5, 5.41) is 11.9. The van der Waals surface area contributed by atoms with E-state index in [1.54, 1.807) is 18.2 Å². The van der Waals surface area contributed by atoms with Crippen LogP contribution in [-0.2, 0) is 6.54 Å². The molecule has 0 fully saturated rings. The Morgan fingerprint density at radius 3 is 2.62 bits per heavy atom. The molecule has 0 saturated carbocycles. The number of rotatable bonds is 11. The predicted molar refractivity (Wildman–Crippen MR) is 76.9 cm³/mol. The average Bonchev–Trinajstić information content (AvgIpc) is 2.47. The second-order valence-electron chi connectivity index (χ2n) is 4.64. The molecule has 0 spiro atoms. The fraction of sp³-hybridized carbons (Fsp3) is 0.600. The Morgan fingerprint density at radius 1 is 1.19 bits per heavy atom. The number of hydrogen-bond donors (Lipinski definition) is 2. The van der Waals surface area contributed by atoms with Gasteiger partial charge in [0.2, 0.25) is 0 Å². The molecule has 0 amide bonds. The van der Waals surface area contributed by atoms with E-state index in [9.17, 15) is 8.78 Å². The number of benzene rings is 1. The Hall–Kier alpha value is -1.40. The van der Waals surface area contributed by atoms with Gasteiger partial charge in [-0.1, -0.05) is 25.0 Å². The van der Waals surface area contributed by atoms with Gasteiger partial charge in [0.1, 0.15) is 0 Å². The molecule has 6 heteroatoms. The summed E-state index contributed by atoms with van der Waals surface area (Å²) < 4.78 is 34.5. The summed E-state index contributed by atoms with van der Waals surface area (Å²) in [5.41, 5.74) is 0.644. The molecule has 0 aliphatic carbocycles. The number of ether oxygens (including phenoxy) is 2. The minimum Gasteiger partial charge on any atom is -0.493 e. The molecule has 0 aliphatic rings. The van der Waals surface area contributed by atoms with Crippen LogP contribution in [0.5, 0.6) is 11.5 Å². The molecule has 0 saturated heterocycles. The van der Waals surface area contributed by atoms with Crippen molar-refractivity contribution in [3.05, 3.63) is 23.8 Å². The molecule has 21 heavy (non-hydrogen) atoms. The van der Waals surface area contributed by atoms with Gasteiger partial charge in [0.25, 0.3) is 0 Å². The van der Waals surface area contributed by atoms with Gasteiger partial charge in [-0.3, -0.25) is 0 Å². The standard InChI is InChI=1S/C15H23F2NO3/c1-20-13-8-6-7-12(14(13)21-15(16)17)11-18-9-4-2-3-5-10-19/h6-8,15,18-19H,2-5,9-11H2,1H3. The van der Waals surface area contributed by atoms with Crippen molar-refractivity contribution in [3.63, 3.8) is 0 Å². The summed E-state index contributed by atoms with van der Waals surface area (Å²) in [7, 11) is 1.42. The zero-order valence-electron chi connectivity index (χ0n) is 12.3. The summed E-state index contributed by atoms with van der Waals surface area (Å²) in [4.78, 5) is 0. The van der Waals surface area contributed by atoms with Crippen LogP contribution in [0.1, 0.15) is 31.2 Å². The van der Waals surface area contributed by atoms with Crippen molar-refractivity contribution in [2.45, 2.75) is 38.8 Å². The zero-order valence-corrected chi connectivity index (χ0v) is 12.3. The number of unbranched alkanes of at least 4 members (excludes halogenated alkanes) is 3. The van der Waals surface area contributed by atoms with Gasteiger partial charge >= 0.3 is 6.61 Å². The van der Waals surface area contributed by atoms with E-state index in [0.717, 1.165) is 32.2 Å². The summed E-state index contributed by atoms with van der Waals surface area (Å²) >= 11 is 0. The van der Waals surface area contributed by atoms with E-state index < -0.39 is 6.61 Å².